The third-order valence-corrected chi connectivity index (χ3v) is 1.15. The average molecular weight is 126 g/mol. The summed E-state index contributed by atoms with van der Waals surface area (Å²) in [6.07, 6.45) is 0.835. The minimum atomic E-state index is 0.395. The van der Waals surface area contributed by atoms with E-state index in [-0.39, 0.29) is 0 Å². The van der Waals surface area contributed by atoms with Crippen molar-refractivity contribution in [2.45, 2.75) is 13.3 Å². The van der Waals surface area contributed by atoms with Gasteiger partial charge in [-0.2, -0.15) is 0 Å². The van der Waals surface area contributed by atoms with Gasteiger partial charge >= 0.3 is 0 Å². The topological polar surface area (TPSA) is 80.7 Å². The predicted molar refractivity (Wildman–Crippen MR) is 36.8 cm³/mol. The summed E-state index contributed by atoms with van der Waals surface area (Å²) in [6, 6.07) is 0. The number of anilines is 2. The van der Waals surface area contributed by atoms with E-state index in [1.165, 1.54) is 0 Å². The molecule has 0 atom stereocenters. The van der Waals surface area contributed by atoms with Gasteiger partial charge in [0, 0.05) is 6.42 Å². The van der Waals surface area contributed by atoms with Crippen molar-refractivity contribution in [2.75, 3.05) is 11.5 Å². The number of hydrogen-bond acceptors (Lipinski definition) is 3. The van der Waals surface area contributed by atoms with Gasteiger partial charge < -0.3 is 16.5 Å². The van der Waals surface area contributed by atoms with Gasteiger partial charge in [0.15, 0.2) is 5.82 Å². The fraction of sp³-hybridized carbons (Fsp3) is 0.400. The highest BCUT2D eigenvalue weighted by molar-refractivity contribution is 5.52. The fourth-order valence-electron chi connectivity index (χ4n) is 0.621. The molecular weight excluding hydrogens is 116 g/mol. The highest BCUT2D eigenvalue weighted by Gasteiger charge is 1.99. The molecule has 5 N–H and O–H groups in total. The number of aryl methyl sites for hydroxylation is 1. The van der Waals surface area contributed by atoms with Crippen LogP contribution in [0, 0.1) is 0 Å². The quantitative estimate of drug-likeness (QED) is 0.500. The van der Waals surface area contributed by atoms with Crippen molar-refractivity contribution in [3.63, 3.8) is 0 Å². The van der Waals surface area contributed by atoms with E-state index >= 15 is 0 Å². The van der Waals surface area contributed by atoms with Crippen molar-refractivity contribution >= 4 is 11.6 Å². The molecule has 0 aromatic carbocycles. The summed E-state index contributed by atoms with van der Waals surface area (Å²) in [4.78, 5) is 6.76. The molecule has 0 saturated carbocycles. The lowest BCUT2D eigenvalue weighted by Crippen LogP contribution is -1.91. The van der Waals surface area contributed by atoms with Gasteiger partial charge in [0.1, 0.15) is 11.6 Å². The highest BCUT2D eigenvalue weighted by atomic mass is 15.0. The molecule has 0 unspecified atom stereocenters. The fourth-order valence-corrected chi connectivity index (χ4v) is 0.621. The van der Waals surface area contributed by atoms with Gasteiger partial charge in [0.05, 0.1) is 0 Å². The summed E-state index contributed by atoms with van der Waals surface area (Å²) in [5.74, 6) is 1.70. The molecule has 0 radical (unpaired) electrons. The van der Waals surface area contributed by atoms with Crippen LogP contribution < -0.4 is 11.5 Å². The van der Waals surface area contributed by atoms with E-state index in [4.69, 9.17) is 11.5 Å². The van der Waals surface area contributed by atoms with Gasteiger partial charge in [-0.3, -0.25) is 0 Å². The minimum Gasteiger partial charge on any atom is -0.382 e. The lowest BCUT2D eigenvalue weighted by molar-refractivity contribution is 0.993. The molecule has 0 bridgehead atoms. The second kappa shape index (κ2) is 1.97. The number of aromatic amines is 1. The average Bonchev–Trinajstić information content (AvgIpc) is 2.13. The van der Waals surface area contributed by atoms with Crippen molar-refractivity contribution in [3.8, 4) is 0 Å². The number of H-pyrrole nitrogens is 1. The molecule has 9 heavy (non-hydrogen) atoms. The monoisotopic (exact) mass is 126 g/mol. The maximum atomic E-state index is 5.37. The first-order chi connectivity index (χ1) is 4.24. The SMILES string of the molecule is CCc1nc(N)c(N)[nH]1. The van der Waals surface area contributed by atoms with Crippen molar-refractivity contribution in [1.82, 2.24) is 9.97 Å². The normalized spacial score (nSPS) is 9.89. The van der Waals surface area contributed by atoms with Crippen LogP contribution >= 0.6 is 0 Å². The molecule has 0 saturated heterocycles. The number of rotatable bonds is 1. The summed E-state index contributed by atoms with van der Waals surface area (Å²) in [5, 5.41) is 0. The van der Waals surface area contributed by atoms with Gasteiger partial charge in [0.2, 0.25) is 0 Å². The highest BCUT2D eigenvalue weighted by Crippen LogP contribution is 2.08. The van der Waals surface area contributed by atoms with Gasteiger partial charge in [-0.15, -0.1) is 0 Å². The molecule has 50 valence electrons. The van der Waals surface area contributed by atoms with E-state index in [2.05, 4.69) is 9.97 Å². The van der Waals surface area contributed by atoms with Crippen LogP contribution in [0.25, 0.3) is 0 Å². The van der Waals surface area contributed by atoms with E-state index in [9.17, 15) is 0 Å². The molecule has 0 aliphatic heterocycles. The molecule has 0 aliphatic carbocycles. The number of nitrogens with zero attached hydrogens (tertiary/aromatic N) is 1. The zero-order valence-electron chi connectivity index (χ0n) is 5.31. The second-order valence-electron chi connectivity index (χ2n) is 1.84. The molecule has 1 aromatic heterocycles. The third-order valence-electron chi connectivity index (χ3n) is 1.15. The predicted octanol–water partition coefficient (Wildman–Crippen LogP) is 0.136. The first-order valence-electron chi connectivity index (χ1n) is 2.84. The van der Waals surface area contributed by atoms with Crippen molar-refractivity contribution in [3.05, 3.63) is 5.82 Å². The lowest BCUT2D eigenvalue weighted by Gasteiger charge is -1.82. The lowest BCUT2D eigenvalue weighted by atomic mass is 10.5. The van der Waals surface area contributed by atoms with E-state index in [1.54, 1.807) is 0 Å². The van der Waals surface area contributed by atoms with Gasteiger partial charge in [0.25, 0.3) is 0 Å². The van der Waals surface area contributed by atoms with Crippen LogP contribution in [-0.2, 0) is 6.42 Å². The summed E-state index contributed by atoms with van der Waals surface area (Å²) >= 11 is 0. The van der Waals surface area contributed by atoms with Crippen LogP contribution in [-0.4, -0.2) is 9.97 Å². The number of hydrogen-bond donors (Lipinski definition) is 3. The van der Waals surface area contributed by atoms with E-state index in [0.717, 1.165) is 12.2 Å². The Kier molecular flexibility index (Phi) is 1.30. The van der Waals surface area contributed by atoms with Crippen molar-refractivity contribution in [2.24, 2.45) is 0 Å². The Morgan fingerprint density at radius 3 is 2.44 bits per heavy atom. The number of nitrogens with one attached hydrogen (secondary N) is 1. The number of nitrogens with two attached hydrogens (primary N) is 2. The standard InChI is InChI=1S/C5H10N4/c1-2-3-8-4(6)5(7)9-3/h2,6-7H2,1H3,(H,8,9). The van der Waals surface area contributed by atoms with Crippen LogP contribution in [0.1, 0.15) is 12.7 Å². The van der Waals surface area contributed by atoms with Crippen molar-refractivity contribution in [1.29, 1.82) is 0 Å². The largest absolute Gasteiger partial charge is 0.382 e. The smallest absolute Gasteiger partial charge is 0.166 e. The third kappa shape index (κ3) is 0.960. The van der Waals surface area contributed by atoms with Crippen LogP contribution in [0.5, 0.6) is 0 Å². The second-order valence-corrected chi connectivity index (χ2v) is 1.84. The minimum absolute atomic E-state index is 0.395. The molecule has 0 fully saturated rings. The molecular formula is C5H10N4. The Morgan fingerprint density at radius 1 is 1.56 bits per heavy atom. The first-order valence-corrected chi connectivity index (χ1v) is 2.84. The molecule has 0 amide bonds. The van der Waals surface area contributed by atoms with Gasteiger partial charge in [-0.1, -0.05) is 6.92 Å². The Hall–Kier alpha value is -1.19. The molecule has 4 heteroatoms. The van der Waals surface area contributed by atoms with Gasteiger partial charge in [-0.05, 0) is 0 Å². The van der Waals surface area contributed by atoms with E-state index in [0.29, 0.717) is 11.6 Å². The zero-order valence-corrected chi connectivity index (χ0v) is 5.31. The summed E-state index contributed by atoms with van der Waals surface area (Å²) in [5.41, 5.74) is 10.7. The molecule has 4 nitrogen and oxygen atoms in total. The zero-order chi connectivity index (χ0) is 6.85. The maximum Gasteiger partial charge on any atom is 0.166 e. The first kappa shape index (κ1) is 5.94. The number of nitrogen functional groups attached to an aromatic ring is 2. The maximum absolute atomic E-state index is 5.37. The number of imidazole rings is 1. The van der Waals surface area contributed by atoms with Gasteiger partial charge in [-0.25, -0.2) is 4.98 Å². The Morgan fingerprint density at radius 2 is 2.22 bits per heavy atom. The van der Waals surface area contributed by atoms with Crippen LogP contribution in [0.2, 0.25) is 0 Å². The van der Waals surface area contributed by atoms with E-state index in [1.807, 2.05) is 6.92 Å². The molecule has 0 aliphatic rings. The Bertz CT molecular complexity index is 183. The number of aromatic nitrogens is 2. The van der Waals surface area contributed by atoms with Crippen LogP contribution in [0.3, 0.4) is 0 Å². The molecule has 1 aromatic rings. The molecule has 0 spiro atoms. The molecule has 1 heterocycles. The van der Waals surface area contributed by atoms with Crippen LogP contribution in [0.4, 0.5) is 11.6 Å². The summed E-state index contributed by atoms with van der Waals surface area (Å²) < 4.78 is 0. The summed E-state index contributed by atoms with van der Waals surface area (Å²) in [7, 11) is 0. The Balaban J connectivity index is 2.98. The Labute approximate surface area is 53.3 Å². The van der Waals surface area contributed by atoms with Crippen LogP contribution in [0.15, 0.2) is 0 Å². The summed E-state index contributed by atoms with van der Waals surface area (Å²) in [6.45, 7) is 1.98. The van der Waals surface area contributed by atoms with Crippen molar-refractivity contribution < 1.29 is 0 Å². The molecule has 1 rings (SSSR count). The van der Waals surface area contributed by atoms with E-state index < -0.39 is 0 Å².